The number of para-hydroxylation sites is 1. The van der Waals surface area contributed by atoms with E-state index in [0.717, 1.165) is 11.0 Å². The Balaban J connectivity index is 0.000000845. The Morgan fingerprint density at radius 2 is 2.00 bits per heavy atom. The van der Waals surface area contributed by atoms with Crippen LogP contribution in [0.3, 0.4) is 0 Å². The molecule has 14 heavy (non-hydrogen) atoms. The van der Waals surface area contributed by atoms with E-state index in [1.807, 2.05) is 24.3 Å². The number of hydrogen-bond acceptors (Lipinski definition) is 2. The first-order chi connectivity index (χ1) is 5.92. The molecule has 58 valence electrons. The molecule has 0 amide bonds. The summed E-state index contributed by atoms with van der Waals surface area (Å²) in [5, 5.41) is 7.69. The van der Waals surface area contributed by atoms with Crippen LogP contribution in [0.25, 0.3) is 11.0 Å². The van der Waals surface area contributed by atoms with Crippen LogP contribution in [0, 0.1) is 12.8 Å². The van der Waals surface area contributed by atoms with Crippen LogP contribution >= 0.6 is 0 Å². The van der Waals surface area contributed by atoms with Crippen LogP contribution in [-0.4, -0.2) is 15.0 Å². The molecule has 0 aliphatic carbocycles. The number of aromatic nitrogens is 3. The van der Waals surface area contributed by atoms with E-state index in [9.17, 15) is 0 Å². The number of fused-ring (bicyclic) bond motifs is 1. The molecule has 0 atom stereocenters. The van der Waals surface area contributed by atoms with Gasteiger partial charge in [0.1, 0.15) is 5.52 Å². The molecule has 0 radical (unpaired) electrons. The van der Waals surface area contributed by atoms with Gasteiger partial charge in [-0.2, -0.15) is 0 Å². The van der Waals surface area contributed by atoms with Gasteiger partial charge in [-0.25, -0.2) is 0 Å². The van der Waals surface area contributed by atoms with Crippen molar-refractivity contribution in [3.63, 3.8) is 0 Å². The van der Waals surface area contributed by atoms with Crippen molar-refractivity contribution in [2.75, 3.05) is 0 Å². The van der Waals surface area contributed by atoms with Crippen LogP contribution in [0.4, 0.5) is 0 Å². The Morgan fingerprint density at radius 3 is 2.71 bits per heavy atom. The molecule has 0 N–H and O–H groups in total. The Kier molecular flexibility index (Phi) is 5.66. The number of benzene rings is 1. The van der Waals surface area contributed by atoms with Gasteiger partial charge in [0.2, 0.25) is 0 Å². The molecule has 1 aromatic carbocycles. The van der Waals surface area contributed by atoms with Gasteiger partial charge in [0, 0.05) is 0 Å². The summed E-state index contributed by atoms with van der Waals surface area (Å²) in [6.07, 6.45) is 2.60. The molecular formula is C9H5Li2N3. The fourth-order valence-electron chi connectivity index (χ4n) is 1.01. The smallest absolute Gasteiger partial charge is 0.542 e. The van der Waals surface area contributed by atoms with Gasteiger partial charge in [0.25, 0.3) is 0 Å². The van der Waals surface area contributed by atoms with Gasteiger partial charge in [0.05, 0.1) is 5.52 Å². The maximum absolute atomic E-state index is 5.06. The summed E-state index contributed by atoms with van der Waals surface area (Å²) in [7, 11) is 0. The predicted octanol–water partition coefficient (Wildman–Crippen LogP) is -4.81. The summed E-state index contributed by atoms with van der Waals surface area (Å²) in [5.41, 5.74) is 3.96. The molecule has 0 fully saturated rings. The standard InChI is InChI=1S/C9H5N3.2Li/c1-2-7-12-9-6-4-3-5-8(9)10-11-12;;/h1,3-6H;;/q-2;2*+1. The zero-order valence-corrected chi connectivity index (χ0v) is 8.23. The summed E-state index contributed by atoms with van der Waals surface area (Å²) in [6.45, 7) is 5.06. The van der Waals surface area contributed by atoms with Crippen molar-refractivity contribution in [2.24, 2.45) is 0 Å². The minimum absolute atomic E-state index is 0. The topological polar surface area (TPSA) is 30.7 Å². The molecule has 0 unspecified atom stereocenters. The van der Waals surface area contributed by atoms with Crippen LogP contribution < -0.4 is 37.7 Å². The fourth-order valence-corrected chi connectivity index (χ4v) is 1.01. The van der Waals surface area contributed by atoms with E-state index in [0.29, 0.717) is 0 Å². The predicted molar refractivity (Wildman–Crippen MR) is 44.0 cm³/mol. The van der Waals surface area contributed by atoms with Crippen LogP contribution in [-0.2, 0) is 0 Å². The SMILES string of the molecule is [CH-]=C=[C-]n1nnc2ccccc21.[Li+].[Li+]. The second-order valence-electron chi connectivity index (χ2n) is 2.25. The second-order valence-corrected chi connectivity index (χ2v) is 2.25. The number of nitrogens with zero attached hydrogens (tertiary/aromatic N) is 3. The van der Waals surface area contributed by atoms with Gasteiger partial charge in [-0.05, 0) is 12.1 Å². The van der Waals surface area contributed by atoms with E-state index in [1.165, 1.54) is 4.68 Å². The molecule has 0 aliphatic rings. The summed E-state index contributed by atoms with van der Waals surface area (Å²) < 4.78 is 1.45. The van der Waals surface area contributed by atoms with E-state index in [1.54, 1.807) is 0 Å². The minimum Gasteiger partial charge on any atom is -0.542 e. The molecule has 1 aromatic heterocycles. The molecule has 0 bridgehead atoms. The third-order valence-corrected chi connectivity index (χ3v) is 1.52. The summed E-state index contributed by atoms with van der Waals surface area (Å²) in [6, 6.07) is 7.56. The number of rotatable bonds is 1. The molecule has 5 heteroatoms. The largest absolute Gasteiger partial charge is 1.00 e. The first-order valence-electron chi connectivity index (χ1n) is 3.44. The van der Waals surface area contributed by atoms with Crippen LogP contribution in [0.2, 0.25) is 0 Å². The van der Waals surface area contributed by atoms with Crippen LogP contribution in [0.15, 0.2) is 30.0 Å². The van der Waals surface area contributed by atoms with Crippen molar-refractivity contribution in [3.8, 4) is 0 Å². The summed E-state index contributed by atoms with van der Waals surface area (Å²) in [5.74, 6) is 0. The summed E-state index contributed by atoms with van der Waals surface area (Å²) >= 11 is 0. The van der Waals surface area contributed by atoms with Gasteiger partial charge in [-0.15, -0.1) is 5.10 Å². The Labute approximate surface area is 106 Å². The molecule has 0 saturated carbocycles. The van der Waals surface area contributed by atoms with Gasteiger partial charge in [-0.1, -0.05) is 17.3 Å². The fraction of sp³-hybridized carbons (Fsp3) is 0. The number of hydrogen-bond donors (Lipinski definition) is 0. The maximum Gasteiger partial charge on any atom is 1.00 e. The Morgan fingerprint density at radius 1 is 1.29 bits per heavy atom. The third kappa shape index (κ3) is 2.43. The quantitative estimate of drug-likeness (QED) is 0.243. The van der Waals surface area contributed by atoms with E-state index in [-0.39, 0.29) is 37.7 Å². The van der Waals surface area contributed by atoms with Crippen molar-refractivity contribution in [1.29, 1.82) is 0 Å². The van der Waals surface area contributed by atoms with E-state index >= 15 is 0 Å². The Hall–Kier alpha value is -0.665. The monoisotopic (exact) mass is 169 g/mol. The second kappa shape index (κ2) is 5.94. The average molecular weight is 169 g/mol. The van der Waals surface area contributed by atoms with Gasteiger partial charge >= 0.3 is 37.7 Å². The van der Waals surface area contributed by atoms with E-state index in [2.05, 4.69) is 22.2 Å². The molecular weight excluding hydrogens is 164 g/mol. The zero-order chi connectivity index (χ0) is 8.39. The van der Waals surface area contributed by atoms with Crippen molar-refractivity contribution < 1.29 is 37.7 Å². The molecule has 0 spiro atoms. The van der Waals surface area contributed by atoms with Gasteiger partial charge < -0.3 is 23.2 Å². The molecule has 2 rings (SSSR count). The average Bonchev–Trinajstić information content (AvgIpc) is 2.50. The molecule has 2 aromatic rings. The van der Waals surface area contributed by atoms with Crippen LogP contribution in [0.5, 0.6) is 0 Å². The minimum atomic E-state index is 0. The van der Waals surface area contributed by atoms with Crippen molar-refractivity contribution in [3.05, 3.63) is 42.8 Å². The normalized spacial score (nSPS) is 8.29. The van der Waals surface area contributed by atoms with Gasteiger partial charge in [0.15, 0.2) is 0 Å². The van der Waals surface area contributed by atoms with Crippen molar-refractivity contribution in [1.82, 2.24) is 15.0 Å². The van der Waals surface area contributed by atoms with Gasteiger partial charge in [-0.3, -0.25) is 0 Å². The zero-order valence-electron chi connectivity index (χ0n) is 8.23. The first-order valence-corrected chi connectivity index (χ1v) is 3.44. The van der Waals surface area contributed by atoms with E-state index in [4.69, 9.17) is 6.58 Å². The van der Waals surface area contributed by atoms with E-state index < -0.39 is 0 Å². The summed E-state index contributed by atoms with van der Waals surface area (Å²) in [4.78, 5) is 0. The molecule has 3 nitrogen and oxygen atoms in total. The molecule has 1 heterocycles. The third-order valence-electron chi connectivity index (χ3n) is 1.52. The van der Waals surface area contributed by atoms with Crippen LogP contribution in [0.1, 0.15) is 0 Å². The van der Waals surface area contributed by atoms with Crippen molar-refractivity contribution >= 4 is 11.0 Å². The Bertz CT molecular complexity index is 458. The maximum atomic E-state index is 5.06. The first kappa shape index (κ1) is 13.3. The van der Waals surface area contributed by atoms with Crippen molar-refractivity contribution in [2.45, 2.75) is 0 Å². The molecule has 0 aliphatic heterocycles. The molecule has 0 saturated heterocycles.